The van der Waals surface area contributed by atoms with Crippen molar-refractivity contribution in [2.45, 2.75) is 26.7 Å². The molecule has 1 atom stereocenters. The molecule has 0 N–H and O–H groups in total. The summed E-state index contributed by atoms with van der Waals surface area (Å²) in [6.07, 6.45) is 9.69. The van der Waals surface area contributed by atoms with Crippen LogP contribution in [-0.4, -0.2) is 5.78 Å². The summed E-state index contributed by atoms with van der Waals surface area (Å²) >= 11 is 0. The topological polar surface area (TPSA) is 17.1 Å². The minimum absolute atomic E-state index is 0.208. The van der Waals surface area contributed by atoms with E-state index in [9.17, 15) is 4.79 Å². The summed E-state index contributed by atoms with van der Waals surface area (Å²) in [5.74, 6) is 0.713. The predicted octanol–water partition coefficient (Wildman–Crippen LogP) is 4.27. The van der Waals surface area contributed by atoms with Gasteiger partial charge in [-0.3, -0.25) is 4.79 Å². The molecule has 0 aromatic heterocycles. The molecule has 1 heteroatoms. The Morgan fingerprint density at radius 1 is 1.32 bits per heavy atom. The van der Waals surface area contributed by atoms with Crippen molar-refractivity contribution in [1.29, 1.82) is 0 Å². The van der Waals surface area contributed by atoms with E-state index in [0.29, 0.717) is 12.3 Å². The number of rotatable bonds is 4. The number of hydrogen-bond donors (Lipinski definition) is 0. The number of hydrogen-bond acceptors (Lipinski definition) is 1. The van der Waals surface area contributed by atoms with Crippen LogP contribution in [0.4, 0.5) is 0 Å². The molecule has 0 saturated heterocycles. The van der Waals surface area contributed by atoms with Gasteiger partial charge in [0.1, 0.15) is 0 Å². The lowest BCUT2D eigenvalue weighted by molar-refractivity contribution is -0.114. The highest BCUT2D eigenvalue weighted by Crippen LogP contribution is 2.25. The number of carbonyl (C=O) groups excluding carboxylic acids is 1. The second kappa shape index (κ2) is 6.33. The minimum atomic E-state index is 0.208. The summed E-state index contributed by atoms with van der Waals surface area (Å²) < 4.78 is 0. The minimum Gasteiger partial charge on any atom is -0.294 e. The highest BCUT2D eigenvalue weighted by molar-refractivity contribution is 5.99. The predicted molar refractivity (Wildman–Crippen MR) is 79.9 cm³/mol. The lowest BCUT2D eigenvalue weighted by Gasteiger charge is -2.17. The van der Waals surface area contributed by atoms with Crippen molar-refractivity contribution < 1.29 is 4.79 Å². The third-order valence-electron chi connectivity index (χ3n) is 3.47. The molecule has 1 aromatic carbocycles. The van der Waals surface area contributed by atoms with E-state index in [1.165, 1.54) is 5.57 Å². The van der Waals surface area contributed by atoms with Crippen LogP contribution in [0, 0.1) is 5.92 Å². The molecular weight excluding hydrogens is 232 g/mol. The molecule has 1 aliphatic carbocycles. The average Bonchev–Trinajstić information content (AvgIpc) is 2.42. The molecule has 1 nitrogen and oxygen atoms in total. The van der Waals surface area contributed by atoms with E-state index in [4.69, 9.17) is 0 Å². The van der Waals surface area contributed by atoms with Gasteiger partial charge in [-0.15, -0.1) is 0 Å². The van der Waals surface area contributed by atoms with Crippen molar-refractivity contribution in [2.24, 2.45) is 5.92 Å². The van der Waals surface area contributed by atoms with Crippen LogP contribution in [0.5, 0.6) is 0 Å². The lowest BCUT2D eigenvalue weighted by atomic mass is 9.87. The van der Waals surface area contributed by atoms with Gasteiger partial charge >= 0.3 is 0 Å². The maximum absolute atomic E-state index is 12.3. The fraction of sp³-hybridized carbons (Fsp3) is 0.278. The summed E-state index contributed by atoms with van der Waals surface area (Å²) in [4.78, 5) is 12.3. The van der Waals surface area contributed by atoms with Gasteiger partial charge in [-0.05, 0) is 36.5 Å². The molecule has 1 aliphatic rings. The fourth-order valence-electron chi connectivity index (χ4n) is 2.30. The first-order chi connectivity index (χ1) is 9.20. The first kappa shape index (κ1) is 13.5. The monoisotopic (exact) mass is 252 g/mol. The van der Waals surface area contributed by atoms with E-state index in [0.717, 1.165) is 17.6 Å². The highest BCUT2D eigenvalue weighted by atomic mass is 16.1. The van der Waals surface area contributed by atoms with Crippen molar-refractivity contribution in [3.63, 3.8) is 0 Å². The Balaban J connectivity index is 2.12. The normalized spacial score (nSPS) is 19.2. The van der Waals surface area contributed by atoms with E-state index >= 15 is 0 Å². The summed E-state index contributed by atoms with van der Waals surface area (Å²) in [5.41, 5.74) is 3.18. The number of Topliss-reactive ketones (excluding diaryl/α,β-unsaturated/α-hetero) is 1. The van der Waals surface area contributed by atoms with Crippen molar-refractivity contribution in [2.75, 3.05) is 0 Å². The molecule has 0 fully saturated rings. The Labute approximate surface area is 115 Å². The number of ketones is 1. The Morgan fingerprint density at radius 2 is 2.05 bits per heavy atom. The Morgan fingerprint density at radius 3 is 2.74 bits per heavy atom. The largest absolute Gasteiger partial charge is 0.294 e. The van der Waals surface area contributed by atoms with Gasteiger partial charge in [0.25, 0.3) is 0 Å². The van der Waals surface area contributed by atoms with Crippen molar-refractivity contribution in [3.05, 3.63) is 71.3 Å². The molecule has 0 aliphatic heterocycles. The van der Waals surface area contributed by atoms with Crippen molar-refractivity contribution >= 4 is 5.78 Å². The second-order valence-corrected chi connectivity index (χ2v) is 5.03. The maximum atomic E-state index is 12.3. The lowest BCUT2D eigenvalue weighted by Crippen LogP contribution is -2.10. The molecule has 0 spiro atoms. The smallest absolute Gasteiger partial charge is 0.166 e. The molecule has 98 valence electrons. The summed E-state index contributed by atoms with van der Waals surface area (Å²) in [6.45, 7) is 4.21. The highest BCUT2D eigenvalue weighted by Gasteiger charge is 2.16. The van der Waals surface area contributed by atoms with Crippen LogP contribution in [0.3, 0.4) is 0 Å². The van der Waals surface area contributed by atoms with E-state index in [2.05, 4.69) is 19.1 Å². The van der Waals surface area contributed by atoms with Gasteiger partial charge in [-0.1, -0.05) is 55.5 Å². The van der Waals surface area contributed by atoms with E-state index in [1.54, 1.807) is 0 Å². The van der Waals surface area contributed by atoms with Gasteiger partial charge in [0.2, 0.25) is 0 Å². The molecule has 1 unspecified atom stereocenters. The van der Waals surface area contributed by atoms with E-state index < -0.39 is 0 Å². The molecule has 1 aromatic rings. The molecule has 2 rings (SSSR count). The van der Waals surface area contributed by atoms with Gasteiger partial charge in [-0.2, -0.15) is 0 Å². The number of carbonyl (C=O) groups is 1. The average molecular weight is 252 g/mol. The number of benzene rings is 1. The summed E-state index contributed by atoms with van der Waals surface area (Å²) in [5, 5.41) is 0. The summed E-state index contributed by atoms with van der Waals surface area (Å²) in [6, 6.07) is 9.92. The molecule has 19 heavy (non-hydrogen) atoms. The van der Waals surface area contributed by atoms with Gasteiger partial charge in [0.15, 0.2) is 5.78 Å². The van der Waals surface area contributed by atoms with Crippen LogP contribution < -0.4 is 0 Å². The standard InChI is InChI=1S/C18H20O/c1-3-7-16-13-17(11-10-14(16)2)18(19)12-15-8-5-4-6-9-15/h3-9,11,13-14H,10,12H2,1-2H3/b7-3+. The van der Waals surface area contributed by atoms with Gasteiger partial charge in [0.05, 0.1) is 0 Å². The van der Waals surface area contributed by atoms with E-state index in [-0.39, 0.29) is 5.78 Å². The van der Waals surface area contributed by atoms with Gasteiger partial charge in [0, 0.05) is 12.0 Å². The molecule has 0 heterocycles. The molecular formula is C18H20O. The molecule has 0 bridgehead atoms. The van der Waals surface area contributed by atoms with Gasteiger partial charge in [-0.25, -0.2) is 0 Å². The van der Waals surface area contributed by atoms with Crippen molar-refractivity contribution in [1.82, 2.24) is 0 Å². The second-order valence-electron chi connectivity index (χ2n) is 5.03. The molecule has 0 radical (unpaired) electrons. The van der Waals surface area contributed by atoms with Gasteiger partial charge < -0.3 is 0 Å². The van der Waals surface area contributed by atoms with E-state index in [1.807, 2.05) is 49.4 Å². The Kier molecular flexibility index (Phi) is 4.51. The quantitative estimate of drug-likeness (QED) is 0.782. The first-order valence-electron chi connectivity index (χ1n) is 6.82. The van der Waals surface area contributed by atoms with Crippen LogP contribution >= 0.6 is 0 Å². The van der Waals surface area contributed by atoms with Crippen LogP contribution in [0.25, 0.3) is 0 Å². The fourth-order valence-corrected chi connectivity index (χ4v) is 2.30. The zero-order valence-electron chi connectivity index (χ0n) is 11.6. The molecule has 0 saturated carbocycles. The zero-order valence-corrected chi connectivity index (χ0v) is 11.6. The van der Waals surface area contributed by atoms with Crippen LogP contribution in [0.15, 0.2) is 65.8 Å². The molecule has 0 amide bonds. The van der Waals surface area contributed by atoms with Crippen molar-refractivity contribution in [3.8, 4) is 0 Å². The van der Waals surface area contributed by atoms with Crippen LogP contribution in [0.1, 0.15) is 25.8 Å². The third kappa shape index (κ3) is 3.54. The maximum Gasteiger partial charge on any atom is 0.166 e. The van der Waals surface area contributed by atoms with Crippen LogP contribution in [-0.2, 0) is 11.2 Å². The number of allylic oxidation sites excluding steroid dienone is 6. The van der Waals surface area contributed by atoms with Crippen LogP contribution in [0.2, 0.25) is 0 Å². The zero-order chi connectivity index (χ0) is 13.7. The summed E-state index contributed by atoms with van der Waals surface area (Å²) in [7, 11) is 0. The SMILES string of the molecule is C/C=C/C1=CC(C(=O)Cc2ccccc2)=CCC1C. The Hall–Kier alpha value is -1.89. The first-order valence-corrected chi connectivity index (χ1v) is 6.82. The Bertz CT molecular complexity index is 532. The third-order valence-corrected chi connectivity index (χ3v) is 3.47.